The maximum atomic E-state index is 13.1. The number of Topliss-reactive ketones (excluding diaryl/α,β-unsaturated/α-hetero) is 1. The summed E-state index contributed by atoms with van der Waals surface area (Å²) < 4.78 is 21.6. The van der Waals surface area contributed by atoms with Crippen molar-refractivity contribution < 1.29 is 33.6 Å². The average Bonchev–Trinajstić information content (AvgIpc) is 3.06. The first-order valence-electron chi connectivity index (χ1n) is 10.2. The highest BCUT2D eigenvalue weighted by molar-refractivity contribution is 6.46. The standard InChI is InChI=1S/C24H27NO7/c1-5-32-16-9-6-8-15(14-16)21(26)19-20(25(12-13-29-2)24(28)22(19)27)17-10-7-11-18(30-3)23(17)31-4/h6-11,14,20,26H,5,12-13H2,1-4H3/b21-19+. The van der Waals surface area contributed by atoms with Crippen molar-refractivity contribution in [1.82, 2.24) is 4.90 Å². The number of carbonyl (C=O) groups is 2. The van der Waals surface area contributed by atoms with Crippen LogP contribution in [0.4, 0.5) is 0 Å². The summed E-state index contributed by atoms with van der Waals surface area (Å²) >= 11 is 0. The fraction of sp³-hybridized carbons (Fsp3) is 0.333. The van der Waals surface area contributed by atoms with Crippen LogP contribution in [0.15, 0.2) is 48.0 Å². The molecule has 0 aliphatic carbocycles. The second kappa shape index (κ2) is 10.2. The molecule has 1 saturated heterocycles. The van der Waals surface area contributed by atoms with E-state index in [1.54, 1.807) is 42.5 Å². The number of amides is 1. The molecule has 2 aromatic carbocycles. The monoisotopic (exact) mass is 441 g/mol. The smallest absolute Gasteiger partial charge is 0.295 e. The van der Waals surface area contributed by atoms with Crippen molar-refractivity contribution in [3.63, 3.8) is 0 Å². The zero-order chi connectivity index (χ0) is 23.3. The molecule has 8 nitrogen and oxygen atoms in total. The van der Waals surface area contributed by atoms with E-state index in [0.29, 0.717) is 35.0 Å². The first kappa shape index (κ1) is 23.1. The summed E-state index contributed by atoms with van der Waals surface area (Å²) in [5, 5.41) is 11.2. The summed E-state index contributed by atoms with van der Waals surface area (Å²) in [4.78, 5) is 27.4. The molecule has 1 aliphatic heterocycles. The normalized spacial score (nSPS) is 17.5. The maximum absolute atomic E-state index is 13.1. The van der Waals surface area contributed by atoms with E-state index in [9.17, 15) is 14.7 Å². The Morgan fingerprint density at radius 1 is 1.06 bits per heavy atom. The van der Waals surface area contributed by atoms with E-state index in [-0.39, 0.29) is 24.5 Å². The van der Waals surface area contributed by atoms with Crippen molar-refractivity contribution in [2.45, 2.75) is 13.0 Å². The second-order valence-corrected chi connectivity index (χ2v) is 7.03. The number of ether oxygens (including phenoxy) is 4. The van der Waals surface area contributed by atoms with Gasteiger partial charge in [0.15, 0.2) is 11.5 Å². The van der Waals surface area contributed by atoms with Gasteiger partial charge in [-0.3, -0.25) is 9.59 Å². The SMILES string of the molecule is CCOc1cccc(/C(O)=C2\C(=O)C(=O)N(CCOC)C2c2cccc(OC)c2OC)c1. The Morgan fingerprint density at radius 3 is 2.47 bits per heavy atom. The van der Waals surface area contributed by atoms with Crippen LogP contribution in [0.2, 0.25) is 0 Å². The molecule has 0 spiro atoms. The molecule has 1 aliphatic rings. The van der Waals surface area contributed by atoms with Crippen LogP contribution in [-0.2, 0) is 14.3 Å². The molecule has 1 heterocycles. The van der Waals surface area contributed by atoms with Gasteiger partial charge in [0.05, 0.1) is 39.0 Å². The summed E-state index contributed by atoms with van der Waals surface area (Å²) in [7, 11) is 4.49. The quantitative estimate of drug-likeness (QED) is 0.363. The van der Waals surface area contributed by atoms with Crippen LogP contribution in [0.5, 0.6) is 17.2 Å². The molecular formula is C24H27NO7. The van der Waals surface area contributed by atoms with Gasteiger partial charge in [0, 0.05) is 24.8 Å². The third-order valence-corrected chi connectivity index (χ3v) is 5.22. The van der Waals surface area contributed by atoms with Gasteiger partial charge in [0.1, 0.15) is 11.5 Å². The lowest BCUT2D eigenvalue weighted by Crippen LogP contribution is -2.32. The Bertz CT molecular complexity index is 1030. The highest BCUT2D eigenvalue weighted by atomic mass is 16.5. The Morgan fingerprint density at radius 2 is 1.81 bits per heavy atom. The maximum Gasteiger partial charge on any atom is 0.295 e. The number of carbonyl (C=O) groups excluding carboxylic acids is 2. The van der Waals surface area contributed by atoms with Gasteiger partial charge in [-0.05, 0) is 25.1 Å². The van der Waals surface area contributed by atoms with Gasteiger partial charge in [0.2, 0.25) is 0 Å². The van der Waals surface area contributed by atoms with Crippen molar-refractivity contribution in [2.75, 3.05) is 41.1 Å². The van der Waals surface area contributed by atoms with Gasteiger partial charge >= 0.3 is 0 Å². The van der Waals surface area contributed by atoms with E-state index in [0.717, 1.165) is 0 Å². The minimum atomic E-state index is -0.883. The number of hydrogen-bond acceptors (Lipinski definition) is 7. The molecule has 1 amide bonds. The molecule has 0 saturated carbocycles. The van der Waals surface area contributed by atoms with Gasteiger partial charge in [-0.1, -0.05) is 24.3 Å². The first-order chi connectivity index (χ1) is 15.5. The third kappa shape index (κ3) is 4.27. The summed E-state index contributed by atoms with van der Waals surface area (Å²) in [6.07, 6.45) is 0. The number of hydrogen-bond donors (Lipinski definition) is 1. The number of benzene rings is 2. The van der Waals surface area contributed by atoms with Crippen LogP contribution < -0.4 is 14.2 Å². The minimum absolute atomic E-state index is 0.0358. The number of ketones is 1. The molecule has 1 atom stereocenters. The zero-order valence-corrected chi connectivity index (χ0v) is 18.6. The number of aliphatic hydroxyl groups is 1. The highest BCUT2D eigenvalue weighted by Gasteiger charge is 2.47. The molecule has 0 aromatic heterocycles. The van der Waals surface area contributed by atoms with Crippen molar-refractivity contribution >= 4 is 17.4 Å². The second-order valence-electron chi connectivity index (χ2n) is 7.03. The average molecular weight is 441 g/mol. The van der Waals surface area contributed by atoms with E-state index >= 15 is 0 Å². The summed E-state index contributed by atoms with van der Waals surface area (Å²) in [5.41, 5.74) is 0.850. The van der Waals surface area contributed by atoms with Crippen molar-refractivity contribution in [3.05, 3.63) is 59.2 Å². The number of nitrogens with zero attached hydrogens (tertiary/aromatic N) is 1. The molecule has 0 bridgehead atoms. The number of aliphatic hydroxyl groups excluding tert-OH is 1. The lowest BCUT2D eigenvalue weighted by Gasteiger charge is -2.27. The van der Waals surface area contributed by atoms with Crippen LogP contribution in [-0.4, -0.2) is 62.8 Å². The van der Waals surface area contributed by atoms with E-state index in [1.165, 1.54) is 26.2 Å². The van der Waals surface area contributed by atoms with Crippen LogP contribution in [0, 0.1) is 0 Å². The van der Waals surface area contributed by atoms with Crippen molar-refractivity contribution in [3.8, 4) is 17.2 Å². The Balaban J connectivity index is 2.23. The van der Waals surface area contributed by atoms with Gasteiger partial charge in [-0.15, -0.1) is 0 Å². The molecule has 3 rings (SSSR count). The molecule has 2 aromatic rings. The van der Waals surface area contributed by atoms with E-state index in [1.807, 2.05) is 6.92 Å². The fourth-order valence-corrected chi connectivity index (χ4v) is 3.81. The van der Waals surface area contributed by atoms with E-state index < -0.39 is 17.7 Å². The van der Waals surface area contributed by atoms with Crippen LogP contribution >= 0.6 is 0 Å². The van der Waals surface area contributed by atoms with Crippen molar-refractivity contribution in [1.29, 1.82) is 0 Å². The Kier molecular flexibility index (Phi) is 7.37. The van der Waals surface area contributed by atoms with Crippen molar-refractivity contribution in [2.24, 2.45) is 0 Å². The van der Waals surface area contributed by atoms with Gasteiger partial charge in [0.25, 0.3) is 11.7 Å². The topological polar surface area (TPSA) is 94.5 Å². The lowest BCUT2D eigenvalue weighted by molar-refractivity contribution is -0.140. The Hall–Kier alpha value is -3.52. The van der Waals surface area contributed by atoms with Crippen LogP contribution in [0.1, 0.15) is 24.1 Å². The third-order valence-electron chi connectivity index (χ3n) is 5.22. The number of methoxy groups -OCH3 is 3. The molecule has 1 fully saturated rings. The number of likely N-dealkylation sites (tertiary alicyclic amines) is 1. The molecule has 1 unspecified atom stereocenters. The van der Waals surface area contributed by atoms with Crippen LogP contribution in [0.25, 0.3) is 5.76 Å². The molecule has 1 N–H and O–H groups in total. The van der Waals surface area contributed by atoms with Crippen LogP contribution in [0.3, 0.4) is 0 Å². The minimum Gasteiger partial charge on any atom is -0.507 e. The molecule has 0 radical (unpaired) electrons. The van der Waals surface area contributed by atoms with Gasteiger partial charge < -0.3 is 29.0 Å². The molecule has 8 heteroatoms. The summed E-state index contributed by atoms with van der Waals surface area (Å²) in [6, 6.07) is 11.1. The summed E-state index contributed by atoms with van der Waals surface area (Å²) in [6.45, 7) is 2.67. The zero-order valence-electron chi connectivity index (χ0n) is 18.6. The first-order valence-corrected chi connectivity index (χ1v) is 10.2. The molecular weight excluding hydrogens is 414 g/mol. The largest absolute Gasteiger partial charge is 0.507 e. The van der Waals surface area contributed by atoms with Gasteiger partial charge in [-0.2, -0.15) is 0 Å². The Labute approximate surface area is 187 Å². The summed E-state index contributed by atoms with van der Waals surface area (Å²) in [5.74, 6) is -0.436. The number of rotatable bonds is 9. The number of para-hydroxylation sites is 1. The lowest BCUT2D eigenvalue weighted by atomic mass is 9.94. The predicted octanol–water partition coefficient (Wildman–Crippen LogP) is 3.17. The van der Waals surface area contributed by atoms with E-state index in [2.05, 4.69) is 0 Å². The molecule has 32 heavy (non-hydrogen) atoms. The van der Waals surface area contributed by atoms with Gasteiger partial charge in [-0.25, -0.2) is 0 Å². The predicted molar refractivity (Wildman–Crippen MR) is 118 cm³/mol. The highest BCUT2D eigenvalue weighted by Crippen LogP contribution is 2.45. The molecule has 170 valence electrons. The van der Waals surface area contributed by atoms with E-state index in [4.69, 9.17) is 18.9 Å². The fourth-order valence-electron chi connectivity index (χ4n) is 3.81.